The predicted octanol–water partition coefficient (Wildman–Crippen LogP) is 23.9. The topological polar surface area (TPSA) is 237 Å². The maximum atomic E-state index is 13.1. The van der Waals surface area contributed by atoms with Crippen molar-refractivity contribution < 1.29 is 80.2 Å². The fraction of sp³-hybridized carbons (Fsp3) is 0.950. The summed E-state index contributed by atoms with van der Waals surface area (Å²) in [6.07, 6.45) is 61.5. The Labute approximate surface area is 607 Å². The van der Waals surface area contributed by atoms with Crippen molar-refractivity contribution >= 4 is 39.5 Å². The lowest BCUT2D eigenvalue weighted by Gasteiger charge is -2.21. The van der Waals surface area contributed by atoms with Crippen LogP contribution in [-0.4, -0.2) is 96.7 Å². The molecule has 0 aliphatic carbocycles. The molecule has 0 saturated carbocycles. The highest BCUT2D eigenvalue weighted by atomic mass is 31.2. The summed E-state index contributed by atoms with van der Waals surface area (Å²) in [5.74, 6) is -0.579. The van der Waals surface area contributed by atoms with E-state index in [9.17, 15) is 43.2 Å². The number of carbonyl (C=O) groups excluding carboxylic acids is 4. The van der Waals surface area contributed by atoms with E-state index in [2.05, 4.69) is 41.5 Å². The number of rotatable bonds is 79. The molecule has 0 aliphatic heterocycles. The third-order valence-electron chi connectivity index (χ3n) is 19.1. The van der Waals surface area contributed by atoms with E-state index in [0.717, 1.165) is 102 Å². The number of phosphoric acid groups is 2. The Bertz CT molecular complexity index is 1910. The summed E-state index contributed by atoms with van der Waals surface area (Å²) >= 11 is 0. The fourth-order valence-electron chi connectivity index (χ4n) is 12.3. The van der Waals surface area contributed by atoms with Gasteiger partial charge in [0.25, 0.3) is 0 Å². The van der Waals surface area contributed by atoms with E-state index < -0.39 is 97.5 Å². The first-order valence-corrected chi connectivity index (χ1v) is 44.5. The summed E-state index contributed by atoms with van der Waals surface area (Å²) < 4.78 is 68.5. The minimum absolute atomic E-state index is 0.102. The first-order chi connectivity index (χ1) is 47.9. The van der Waals surface area contributed by atoms with Gasteiger partial charge in [-0.1, -0.05) is 369 Å². The molecule has 17 nitrogen and oxygen atoms in total. The molecule has 0 saturated heterocycles. The van der Waals surface area contributed by atoms with Crippen LogP contribution in [0.15, 0.2) is 0 Å². The SMILES string of the molecule is CCCCCCCCCCCCCCCCCCCCCCC(=O)OC[C@H](COP(=O)(O)OC[C@@H](O)COP(=O)(O)OC[C@@H](COC(=O)CCCCCCCCCC)OC(=O)CCCCCCCCC(C)C)OC(=O)CCCCCCCCCCCCCCCCCCCCC(C)CC. The lowest BCUT2D eigenvalue weighted by Crippen LogP contribution is -2.30. The number of aliphatic hydroxyl groups excluding tert-OH is 1. The number of ether oxygens (including phenoxy) is 4. The molecular formula is C80H156O17P2. The van der Waals surface area contributed by atoms with E-state index in [0.29, 0.717) is 31.6 Å². The predicted molar refractivity (Wildman–Crippen MR) is 405 cm³/mol. The third-order valence-corrected chi connectivity index (χ3v) is 21.0. The first-order valence-electron chi connectivity index (χ1n) is 41.5. The third kappa shape index (κ3) is 72.8. The highest BCUT2D eigenvalue weighted by Crippen LogP contribution is 2.45. The Morgan fingerprint density at radius 2 is 0.515 bits per heavy atom. The van der Waals surface area contributed by atoms with Gasteiger partial charge in [-0.2, -0.15) is 0 Å². The van der Waals surface area contributed by atoms with E-state index in [1.165, 1.54) is 231 Å². The van der Waals surface area contributed by atoms with Gasteiger partial charge >= 0.3 is 39.5 Å². The largest absolute Gasteiger partial charge is 0.472 e. The van der Waals surface area contributed by atoms with Gasteiger partial charge in [0.2, 0.25) is 0 Å². The summed E-state index contributed by atoms with van der Waals surface area (Å²) in [7, 11) is -9.91. The van der Waals surface area contributed by atoms with Gasteiger partial charge in [0.05, 0.1) is 26.4 Å². The second-order valence-electron chi connectivity index (χ2n) is 29.5. The summed E-state index contributed by atoms with van der Waals surface area (Å²) in [5.41, 5.74) is 0. The molecule has 0 aromatic carbocycles. The second-order valence-corrected chi connectivity index (χ2v) is 32.4. The van der Waals surface area contributed by atoms with E-state index in [4.69, 9.17) is 37.0 Å². The molecule has 0 radical (unpaired) electrons. The average Bonchev–Trinajstić information content (AvgIpc) is 1.01. The average molecular weight is 1450 g/mol. The van der Waals surface area contributed by atoms with Crippen LogP contribution in [0.25, 0.3) is 0 Å². The maximum Gasteiger partial charge on any atom is 0.472 e. The molecule has 0 aromatic heterocycles. The zero-order chi connectivity index (χ0) is 72.8. The summed E-state index contributed by atoms with van der Waals surface area (Å²) in [5, 5.41) is 10.6. The monoisotopic (exact) mass is 1450 g/mol. The number of carbonyl (C=O) groups is 4. The van der Waals surface area contributed by atoms with Gasteiger partial charge in [-0.3, -0.25) is 37.3 Å². The number of hydrogen-bond donors (Lipinski definition) is 3. The number of phosphoric ester groups is 2. The van der Waals surface area contributed by atoms with Crippen LogP contribution in [0.1, 0.15) is 420 Å². The molecule has 3 N–H and O–H groups in total. The molecular weight excluding hydrogens is 1290 g/mol. The molecule has 0 rings (SSSR count). The quantitative estimate of drug-likeness (QED) is 0.0222. The van der Waals surface area contributed by atoms with Crippen molar-refractivity contribution in [2.24, 2.45) is 11.8 Å². The van der Waals surface area contributed by atoms with Gasteiger partial charge < -0.3 is 33.8 Å². The van der Waals surface area contributed by atoms with Crippen LogP contribution in [-0.2, 0) is 65.4 Å². The molecule has 6 atom stereocenters. The Morgan fingerprint density at radius 1 is 0.293 bits per heavy atom. The molecule has 19 heteroatoms. The van der Waals surface area contributed by atoms with Crippen LogP contribution in [0, 0.1) is 11.8 Å². The summed E-state index contributed by atoms with van der Waals surface area (Å²) in [6.45, 7) is 9.56. The standard InChI is InChI=1S/C80H156O17P2/c1-7-10-12-14-16-18-19-20-21-22-23-24-28-31-34-37-40-44-51-57-63-78(83)91-68-75(96-79(84)64-58-52-45-41-38-35-32-29-26-25-27-30-33-36-39-42-49-55-61-73(6)9-3)70-94-98(86,87)92-66-74(81)67-93-99(88,89)95-71-76(69-90-77(82)62-56-50-43-17-15-13-11-8-2)97-80(85)65-59-53-47-46-48-54-60-72(4)5/h72-76,81H,7-71H2,1-6H3,(H,86,87)(H,88,89)/t73?,74-,75-,76-/m1/s1. The molecule has 0 heterocycles. The van der Waals surface area contributed by atoms with Gasteiger partial charge in [-0.05, 0) is 37.5 Å². The molecule has 0 fully saturated rings. The molecule has 588 valence electrons. The zero-order valence-electron chi connectivity index (χ0n) is 64.8. The van der Waals surface area contributed by atoms with Crippen LogP contribution in [0.2, 0.25) is 0 Å². The van der Waals surface area contributed by atoms with Gasteiger partial charge in [-0.15, -0.1) is 0 Å². The summed E-state index contributed by atoms with van der Waals surface area (Å²) in [4.78, 5) is 72.7. The molecule has 99 heavy (non-hydrogen) atoms. The van der Waals surface area contributed by atoms with Crippen LogP contribution < -0.4 is 0 Å². The number of unbranched alkanes of at least 4 members (excludes halogenated alkanes) is 48. The van der Waals surface area contributed by atoms with Crippen molar-refractivity contribution in [3.8, 4) is 0 Å². The van der Waals surface area contributed by atoms with Crippen molar-refractivity contribution in [1.82, 2.24) is 0 Å². The van der Waals surface area contributed by atoms with E-state index >= 15 is 0 Å². The fourth-order valence-corrected chi connectivity index (χ4v) is 13.9. The minimum atomic E-state index is -4.96. The van der Waals surface area contributed by atoms with Crippen LogP contribution >= 0.6 is 15.6 Å². The molecule has 0 aliphatic rings. The smallest absolute Gasteiger partial charge is 0.462 e. The number of esters is 4. The second kappa shape index (κ2) is 71.7. The first kappa shape index (κ1) is 97.1. The Hall–Kier alpha value is -1.94. The minimum Gasteiger partial charge on any atom is -0.462 e. The van der Waals surface area contributed by atoms with Crippen molar-refractivity contribution in [2.75, 3.05) is 39.6 Å². The lowest BCUT2D eigenvalue weighted by atomic mass is 9.99. The Morgan fingerprint density at radius 3 is 0.768 bits per heavy atom. The van der Waals surface area contributed by atoms with E-state index in [1.807, 2.05) is 0 Å². The van der Waals surface area contributed by atoms with Crippen molar-refractivity contribution in [3.63, 3.8) is 0 Å². The lowest BCUT2D eigenvalue weighted by molar-refractivity contribution is -0.161. The number of hydrogen-bond acceptors (Lipinski definition) is 15. The number of aliphatic hydroxyl groups is 1. The Balaban J connectivity index is 5.14. The van der Waals surface area contributed by atoms with Crippen LogP contribution in [0.3, 0.4) is 0 Å². The van der Waals surface area contributed by atoms with Crippen molar-refractivity contribution in [2.45, 2.75) is 439 Å². The van der Waals surface area contributed by atoms with Gasteiger partial charge in [0.15, 0.2) is 12.2 Å². The molecule has 0 aromatic rings. The van der Waals surface area contributed by atoms with E-state index in [-0.39, 0.29) is 25.7 Å². The molecule has 0 amide bonds. The van der Waals surface area contributed by atoms with Crippen molar-refractivity contribution in [3.05, 3.63) is 0 Å². The molecule has 0 bridgehead atoms. The van der Waals surface area contributed by atoms with Gasteiger partial charge in [0.1, 0.15) is 19.3 Å². The van der Waals surface area contributed by atoms with Crippen LogP contribution in [0.5, 0.6) is 0 Å². The normalized spacial score (nSPS) is 14.2. The van der Waals surface area contributed by atoms with Gasteiger partial charge in [0, 0.05) is 25.7 Å². The summed E-state index contributed by atoms with van der Waals surface area (Å²) in [6, 6.07) is 0. The molecule has 0 spiro atoms. The highest BCUT2D eigenvalue weighted by Gasteiger charge is 2.30. The van der Waals surface area contributed by atoms with Crippen LogP contribution in [0.4, 0.5) is 0 Å². The highest BCUT2D eigenvalue weighted by molar-refractivity contribution is 7.47. The van der Waals surface area contributed by atoms with Crippen molar-refractivity contribution in [1.29, 1.82) is 0 Å². The zero-order valence-corrected chi connectivity index (χ0v) is 66.6. The van der Waals surface area contributed by atoms with Gasteiger partial charge in [-0.25, -0.2) is 9.13 Å². The molecule has 3 unspecified atom stereocenters. The maximum absolute atomic E-state index is 13.1. The Kier molecular flexibility index (Phi) is 70.3. The van der Waals surface area contributed by atoms with E-state index in [1.54, 1.807) is 0 Å².